The van der Waals surface area contributed by atoms with Crippen LogP contribution in [0.3, 0.4) is 0 Å². The quantitative estimate of drug-likeness (QED) is 0.591. The number of amides is 1. The molecule has 2 atom stereocenters. The van der Waals surface area contributed by atoms with Gasteiger partial charge in [-0.15, -0.1) is 0 Å². The van der Waals surface area contributed by atoms with Gasteiger partial charge in [0.05, 0.1) is 6.04 Å². The van der Waals surface area contributed by atoms with Crippen molar-refractivity contribution >= 4 is 16.7 Å². The SMILES string of the molecule is CC[C@@H](Oc1ccc2ccccc2c1)C(=O)N[C@@H](C)c1cc(C)c(C)cc1C. The zero-order valence-corrected chi connectivity index (χ0v) is 17.4. The lowest BCUT2D eigenvalue weighted by atomic mass is 9.96. The van der Waals surface area contributed by atoms with Crippen LogP contribution < -0.4 is 10.1 Å². The van der Waals surface area contributed by atoms with Crippen LogP contribution in [0.5, 0.6) is 5.75 Å². The Hall–Kier alpha value is -2.81. The van der Waals surface area contributed by atoms with Crippen molar-refractivity contribution in [2.45, 2.75) is 53.2 Å². The Morgan fingerprint density at radius 2 is 1.61 bits per heavy atom. The lowest BCUT2D eigenvalue weighted by molar-refractivity contribution is -0.128. The van der Waals surface area contributed by atoms with Gasteiger partial charge in [-0.3, -0.25) is 4.79 Å². The van der Waals surface area contributed by atoms with Crippen molar-refractivity contribution in [3.05, 3.63) is 76.9 Å². The van der Waals surface area contributed by atoms with E-state index < -0.39 is 6.10 Å². The molecule has 0 fully saturated rings. The molecule has 0 aliphatic carbocycles. The lowest BCUT2D eigenvalue weighted by Crippen LogP contribution is -2.39. The van der Waals surface area contributed by atoms with Gasteiger partial charge in [-0.2, -0.15) is 0 Å². The van der Waals surface area contributed by atoms with Crippen molar-refractivity contribution in [3.63, 3.8) is 0 Å². The first-order valence-electron chi connectivity index (χ1n) is 9.92. The van der Waals surface area contributed by atoms with E-state index in [0.717, 1.165) is 22.1 Å². The van der Waals surface area contributed by atoms with Crippen molar-refractivity contribution < 1.29 is 9.53 Å². The lowest BCUT2D eigenvalue weighted by Gasteiger charge is -2.22. The molecule has 0 aliphatic rings. The number of hydrogen-bond donors (Lipinski definition) is 1. The van der Waals surface area contributed by atoms with Crippen LogP contribution in [0.4, 0.5) is 0 Å². The molecule has 0 saturated carbocycles. The molecule has 0 radical (unpaired) electrons. The first kappa shape index (κ1) is 19.9. The molecule has 1 amide bonds. The van der Waals surface area contributed by atoms with Gasteiger partial charge >= 0.3 is 0 Å². The van der Waals surface area contributed by atoms with Gasteiger partial charge < -0.3 is 10.1 Å². The number of aryl methyl sites for hydroxylation is 3. The predicted molar refractivity (Wildman–Crippen MR) is 116 cm³/mol. The molecule has 0 spiro atoms. The molecule has 0 unspecified atom stereocenters. The first-order chi connectivity index (χ1) is 13.4. The van der Waals surface area contributed by atoms with E-state index in [4.69, 9.17) is 4.74 Å². The summed E-state index contributed by atoms with van der Waals surface area (Å²) >= 11 is 0. The van der Waals surface area contributed by atoms with Crippen LogP contribution in [0, 0.1) is 20.8 Å². The Morgan fingerprint density at radius 1 is 0.929 bits per heavy atom. The highest BCUT2D eigenvalue weighted by molar-refractivity contribution is 5.84. The highest BCUT2D eigenvalue weighted by Gasteiger charge is 2.21. The molecule has 0 bridgehead atoms. The largest absolute Gasteiger partial charge is 0.481 e. The van der Waals surface area contributed by atoms with E-state index in [2.05, 4.69) is 44.3 Å². The zero-order chi connectivity index (χ0) is 20.3. The molecular weight excluding hydrogens is 346 g/mol. The summed E-state index contributed by atoms with van der Waals surface area (Å²) in [5.41, 5.74) is 4.85. The third-order valence-electron chi connectivity index (χ3n) is 5.37. The second-order valence-corrected chi connectivity index (χ2v) is 7.55. The second-order valence-electron chi connectivity index (χ2n) is 7.55. The van der Waals surface area contributed by atoms with E-state index in [9.17, 15) is 4.79 Å². The monoisotopic (exact) mass is 375 g/mol. The third-order valence-corrected chi connectivity index (χ3v) is 5.37. The number of ether oxygens (including phenoxy) is 1. The minimum Gasteiger partial charge on any atom is -0.481 e. The predicted octanol–water partition coefficient (Wildman–Crippen LogP) is 5.80. The van der Waals surface area contributed by atoms with Gasteiger partial charge in [0.25, 0.3) is 5.91 Å². The Labute approximate surface area is 167 Å². The second kappa shape index (κ2) is 8.47. The molecule has 146 valence electrons. The molecule has 3 aromatic carbocycles. The topological polar surface area (TPSA) is 38.3 Å². The molecule has 28 heavy (non-hydrogen) atoms. The summed E-state index contributed by atoms with van der Waals surface area (Å²) < 4.78 is 6.03. The van der Waals surface area contributed by atoms with Crippen molar-refractivity contribution in [2.24, 2.45) is 0 Å². The van der Waals surface area contributed by atoms with Gasteiger partial charge in [0, 0.05) is 0 Å². The van der Waals surface area contributed by atoms with Gasteiger partial charge in [0.15, 0.2) is 6.10 Å². The average Bonchev–Trinajstić information content (AvgIpc) is 2.68. The number of benzene rings is 3. The number of carbonyl (C=O) groups is 1. The van der Waals surface area contributed by atoms with E-state index in [-0.39, 0.29) is 11.9 Å². The van der Waals surface area contributed by atoms with Crippen molar-refractivity contribution in [1.82, 2.24) is 5.32 Å². The van der Waals surface area contributed by atoms with Crippen molar-refractivity contribution in [2.75, 3.05) is 0 Å². The summed E-state index contributed by atoms with van der Waals surface area (Å²) in [4.78, 5) is 12.9. The zero-order valence-electron chi connectivity index (χ0n) is 17.4. The summed E-state index contributed by atoms with van der Waals surface area (Å²) in [6.07, 6.45) is 0.0903. The van der Waals surface area contributed by atoms with E-state index in [1.165, 1.54) is 16.7 Å². The fourth-order valence-corrected chi connectivity index (χ4v) is 3.56. The van der Waals surface area contributed by atoms with Crippen LogP contribution in [0.1, 0.15) is 48.6 Å². The van der Waals surface area contributed by atoms with Gasteiger partial charge in [-0.1, -0.05) is 49.4 Å². The Morgan fingerprint density at radius 3 is 2.32 bits per heavy atom. The standard InChI is InChI=1S/C25H29NO2/c1-6-24(28-22-12-11-20-9-7-8-10-21(20)15-22)25(27)26-19(5)23-14-17(3)16(2)13-18(23)4/h7-15,19,24H,6H2,1-5H3,(H,26,27)/t19-,24+/m0/s1. The fourth-order valence-electron chi connectivity index (χ4n) is 3.56. The summed E-state index contributed by atoms with van der Waals surface area (Å²) in [5, 5.41) is 5.39. The maximum atomic E-state index is 12.9. The van der Waals surface area contributed by atoms with E-state index in [1.807, 2.05) is 50.2 Å². The normalized spacial score (nSPS) is 13.2. The minimum absolute atomic E-state index is 0.0685. The van der Waals surface area contributed by atoms with Crippen LogP contribution in [-0.4, -0.2) is 12.0 Å². The van der Waals surface area contributed by atoms with E-state index in [0.29, 0.717) is 6.42 Å². The highest BCUT2D eigenvalue weighted by Crippen LogP contribution is 2.24. The van der Waals surface area contributed by atoms with Gasteiger partial charge in [0.1, 0.15) is 5.75 Å². The van der Waals surface area contributed by atoms with E-state index in [1.54, 1.807) is 0 Å². The Balaban J connectivity index is 1.73. The maximum absolute atomic E-state index is 12.9. The number of carbonyl (C=O) groups excluding carboxylic acids is 1. The summed E-state index contributed by atoms with van der Waals surface area (Å²) in [6.45, 7) is 10.3. The molecule has 0 aromatic heterocycles. The number of rotatable bonds is 6. The first-order valence-corrected chi connectivity index (χ1v) is 9.92. The molecule has 3 rings (SSSR count). The van der Waals surface area contributed by atoms with Gasteiger partial charge in [0.2, 0.25) is 0 Å². The molecular formula is C25H29NO2. The minimum atomic E-state index is -0.518. The maximum Gasteiger partial charge on any atom is 0.261 e. The molecule has 3 heteroatoms. The molecule has 3 nitrogen and oxygen atoms in total. The Kier molecular flexibility index (Phi) is 6.03. The third kappa shape index (κ3) is 4.36. The molecule has 3 aromatic rings. The smallest absolute Gasteiger partial charge is 0.261 e. The molecule has 0 heterocycles. The van der Waals surface area contributed by atoms with Crippen molar-refractivity contribution in [3.8, 4) is 5.75 Å². The average molecular weight is 376 g/mol. The van der Waals surface area contributed by atoms with Crippen LogP contribution >= 0.6 is 0 Å². The number of hydrogen-bond acceptors (Lipinski definition) is 2. The van der Waals surface area contributed by atoms with Gasteiger partial charge in [-0.25, -0.2) is 0 Å². The van der Waals surface area contributed by atoms with Crippen LogP contribution in [0.15, 0.2) is 54.6 Å². The summed E-state index contributed by atoms with van der Waals surface area (Å²) in [7, 11) is 0. The summed E-state index contributed by atoms with van der Waals surface area (Å²) in [5.74, 6) is 0.636. The van der Waals surface area contributed by atoms with Crippen molar-refractivity contribution in [1.29, 1.82) is 0 Å². The molecule has 0 aliphatic heterocycles. The van der Waals surface area contributed by atoms with Crippen LogP contribution in [-0.2, 0) is 4.79 Å². The van der Waals surface area contributed by atoms with E-state index >= 15 is 0 Å². The molecule has 0 saturated heterocycles. The summed E-state index contributed by atoms with van der Waals surface area (Å²) in [6, 6.07) is 18.3. The number of fused-ring (bicyclic) bond motifs is 1. The van der Waals surface area contributed by atoms with Crippen LogP contribution in [0.25, 0.3) is 10.8 Å². The Bertz CT molecular complexity index is 993. The fraction of sp³-hybridized carbons (Fsp3) is 0.320. The van der Waals surface area contributed by atoms with Gasteiger partial charge in [-0.05, 0) is 79.3 Å². The number of nitrogens with one attached hydrogen (secondary N) is 1. The van der Waals surface area contributed by atoms with Crippen LogP contribution in [0.2, 0.25) is 0 Å². The highest BCUT2D eigenvalue weighted by atomic mass is 16.5. The molecule has 1 N–H and O–H groups in total.